The zero-order chi connectivity index (χ0) is 9.73. The van der Waals surface area contributed by atoms with Crippen LogP contribution < -0.4 is 5.30 Å². The molecule has 0 aliphatic rings. The molecule has 0 radical (unpaired) electrons. The lowest BCUT2D eigenvalue weighted by atomic mass is 10.4. The fraction of sp³-hybridized carbons (Fsp3) is 0.250. The van der Waals surface area contributed by atoms with E-state index in [1.165, 1.54) is 11.4 Å². The Labute approximate surface area is 91.7 Å². The van der Waals surface area contributed by atoms with E-state index < -0.39 is 5.70 Å². The van der Waals surface area contributed by atoms with Gasteiger partial charge >= 0.3 is 0 Å². The fourth-order valence-electron chi connectivity index (χ4n) is 0.833. The van der Waals surface area contributed by atoms with Crippen LogP contribution in [0.15, 0.2) is 30.3 Å². The van der Waals surface area contributed by atoms with Gasteiger partial charge in [0.05, 0.1) is 0 Å². The van der Waals surface area contributed by atoms with Gasteiger partial charge in [0, 0.05) is 16.9 Å². The lowest BCUT2D eigenvalue weighted by Crippen LogP contribution is -1.97. The first kappa shape index (κ1) is 11.5. The highest BCUT2D eigenvalue weighted by Gasteiger charge is 2.20. The smallest absolute Gasteiger partial charge is 0.250 e. The average Bonchev–Trinajstić information content (AvgIpc) is 2.16. The lowest BCUT2D eigenvalue weighted by molar-refractivity contribution is 0.598. The molecule has 1 unspecified atom stereocenters. The van der Waals surface area contributed by atoms with E-state index in [0.717, 1.165) is 0 Å². The zero-order valence-corrected chi connectivity index (χ0v) is 10.0. The van der Waals surface area contributed by atoms with E-state index in [1.54, 1.807) is 12.1 Å². The van der Waals surface area contributed by atoms with Crippen LogP contribution in [0, 0.1) is 0 Å². The lowest BCUT2D eigenvalue weighted by Gasteiger charge is -2.08. The predicted octanol–water partition coefficient (Wildman–Crippen LogP) is 3.72. The Morgan fingerprint density at radius 2 is 1.92 bits per heavy atom. The maximum absolute atomic E-state index is 11.8. The van der Waals surface area contributed by atoms with Crippen LogP contribution in [-0.2, 0) is 4.57 Å². The number of benzene rings is 1. The third kappa shape index (κ3) is 3.55. The maximum Gasteiger partial charge on any atom is 0.250 e. The molecular weight excluding hydrogens is 246 g/mol. The van der Waals surface area contributed by atoms with Crippen molar-refractivity contribution >= 4 is 45.2 Å². The molecule has 0 spiro atoms. The highest BCUT2D eigenvalue weighted by molar-refractivity contribution is 8.67. The highest BCUT2D eigenvalue weighted by atomic mass is 35.7. The van der Waals surface area contributed by atoms with Gasteiger partial charge in [-0.1, -0.05) is 29.6 Å². The van der Waals surface area contributed by atoms with E-state index in [2.05, 4.69) is 0 Å². The van der Waals surface area contributed by atoms with Crippen LogP contribution in [0.5, 0.6) is 0 Å². The molecule has 0 fully saturated rings. The van der Waals surface area contributed by atoms with E-state index >= 15 is 0 Å². The van der Waals surface area contributed by atoms with Crippen molar-refractivity contribution in [1.82, 2.24) is 0 Å². The van der Waals surface area contributed by atoms with Crippen molar-refractivity contribution in [3.8, 4) is 0 Å². The minimum atomic E-state index is -2.76. The average molecular weight is 255 g/mol. The third-order valence-corrected chi connectivity index (χ3v) is 7.09. The van der Waals surface area contributed by atoms with Gasteiger partial charge < -0.3 is 0 Å². The summed E-state index contributed by atoms with van der Waals surface area (Å²) in [6.45, 7) is 0. The van der Waals surface area contributed by atoms with Crippen LogP contribution >= 0.6 is 39.9 Å². The molecule has 5 heteroatoms. The van der Waals surface area contributed by atoms with Gasteiger partial charge in [0.15, 0.2) is 0 Å². The highest BCUT2D eigenvalue weighted by Crippen LogP contribution is 2.61. The number of hydrogen-bond donors (Lipinski definition) is 0. The van der Waals surface area contributed by atoms with E-state index in [4.69, 9.17) is 22.8 Å². The first-order chi connectivity index (χ1) is 6.17. The summed E-state index contributed by atoms with van der Waals surface area (Å²) in [7, 11) is 0. The summed E-state index contributed by atoms with van der Waals surface area (Å²) in [4.78, 5) is 0. The quantitative estimate of drug-likeness (QED) is 0.602. The topological polar surface area (TPSA) is 17.1 Å². The molecule has 0 aliphatic carbocycles. The van der Waals surface area contributed by atoms with Gasteiger partial charge in [-0.2, -0.15) is 0 Å². The van der Waals surface area contributed by atoms with Crippen molar-refractivity contribution in [2.75, 3.05) is 11.6 Å². The fourth-order valence-corrected chi connectivity index (χ4v) is 5.12. The molecule has 0 heterocycles. The monoisotopic (exact) mass is 254 g/mol. The first-order valence-electron chi connectivity index (χ1n) is 3.72. The van der Waals surface area contributed by atoms with Gasteiger partial charge in [0.1, 0.15) is 0 Å². The van der Waals surface area contributed by atoms with Crippen LogP contribution in [-0.4, -0.2) is 11.6 Å². The van der Waals surface area contributed by atoms with Crippen molar-refractivity contribution in [2.24, 2.45) is 0 Å². The molecule has 0 aliphatic heterocycles. The first-order valence-corrected chi connectivity index (χ1v) is 8.46. The van der Waals surface area contributed by atoms with E-state index in [-0.39, 0.29) is 0 Å². The van der Waals surface area contributed by atoms with Gasteiger partial charge in [0.25, 0.3) is 0 Å². The Bertz CT molecular complexity index is 304. The molecule has 0 saturated carbocycles. The molecule has 1 aromatic carbocycles. The Balaban J connectivity index is 2.76. The zero-order valence-electron chi connectivity index (χ0n) is 6.82. The standard InChI is InChI=1S/C8H9Cl2OPS/c9-6-7-13-12(10,11)8-4-2-1-3-5-8/h1-5H,6-7H2. The second-order valence-corrected chi connectivity index (χ2v) is 9.20. The minimum absolute atomic E-state index is 0.466. The number of halogens is 2. The van der Waals surface area contributed by atoms with Crippen molar-refractivity contribution in [1.29, 1.82) is 0 Å². The van der Waals surface area contributed by atoms with Gasteiger partial charge in [-0.15, -0.1) is 11.6 Å². The van der Waals surface area contributed by atoms with E-state index in [0.29, 0.717) is 16.9 Å². The number of rotatable bonds is 4. The molecular formula is C8H9Cl2OPS. The molecule has 0 bridgehead atoms. The summed E-state index contributed by atoms with van der Waals surface area (Å²) in [5.74, 6) is 1.07. The van der Waals surface area contributed by atoms with Crippen molar-refractivity contribution < 1.29 is 4.57 Å². The van der Waals surface area contributed by atoms with Crippen LogP contribution in [0.25, 0.3) is 0 Å². The molecule has 1 atom stereocenters. The minimum Gasteiger partial charge on any atom is -0.290 e. The second kappa shape index (κ2) is 5.31. The summed E-state index contributed by atoms with van der Waals surface area (Å²) in [6.07, 6.45) is 0. The number of alkyl halides is 1. The summed E-state index contributed by atoms with van der Waals surface area (Å²) >= 11 is 12.6. The van der Waals surface area contributed by atoms with Crippen LogP contribution in [0.4, 0.5) is 0 Å². The van der Waals surface area contributed by atoms with Crippen LogP contribution in [0.3, 0.4) is 0 Å². The van der Waals surface area contributed by atoms with Crippen LogP contribution in [0.1, 0.15) is 0 Å². The largest absolute Gasteiger partial charge is 0.290 e. The molecule has 1 rings (SSSR count). The van der Waals surface area contributed by atoms with Crippen LogP contribution in [0.2, 0.25) is 0 Å². The summed E-state index contributed by atoms with van der Waals surface area (Å²) < 4.78 is 11.8. The SMILES string of the molecule is O=P(Cl)(SCCCl)c1ccccc1. The molecule has 0 aromatic heterocycles. The van der Waals surface area contributed by atoms with Crippen molar-refractivity contribution in [3.05, 3.63) is 30.3 Å². The van der Waals surface area contributed by atoms with E-state index in [1.807, 2.05) is 18.2 Å². The predicted molar refractivity (Wildman–Crippen MR) is 62.7 cm³/mol. The molecule has 0 N–H and O–H groups in total. The molecule has 72 valence electrons. The summed E-state index contributed by atoms with van der Waals surface area (Å²) in [6, 6.07) is 9.06. The normalized spacial score (nSPS) is 15.2. The van der Waals surface area contributed by atoms with Crippen molar-refractivity contribution in [2.45, 2.75) is 0 Å². The molecule has 0 saturated heterocycles. The Kier molecular flexibility index (Phi) is 4.68. The van der Waals surface area contributed by atoms with E-state index in [9.17, 15) is 4.57 Å². The Morgan fingerprint density at radius 1 is 1.31 bits per heavy atom. The van der Waals surface area contributed by atoms with Gasteiger partial charge in [-0.25, -0.2) is 0 Å². The van der Waals surface area contributed by atoms with Gasteiger partial charge in [0.2, 0.25) is 5.70 Å². The second-order valence-electron chi connectivity index (χ2n) is 2.34. The summed E-state index contributed by atoms with van der Waals surface area (Å²) in [5, 5.41) is 0.687. The van der Waals surface area contributed by atoms with Gasteiger partial charge in [-0.3, -0.25) is 4.57 Å². The third-order valence-electron chi connectivity index (χ3n) is 1.40. The van der Waals surface area contributed by atoms with Crippen molar-refractivity contribution in [3.63, 3.8) is 0 Å². The number of hydrogen-bond acceptors (Lipinski definition) is 2. The Morgan fingerprint density at radius 3 is 2.46 bits per heavy atom. The molecule has 1 nitrogen and oxygen atoms in total. The molecule has 13 heavy (non-hydrogen) atoms. The molecule has 0 amide bonds. The summed E-state index contributed by atoms with van der Waals surface area (Å²) in [5.41, 5.74) is -2.76. The molecule has 1 aromatic rings. The maximum atomic E-state index is 11.8. The van der Waals surface area contributed by atoms with Gasteiger partial charge in [-0.05, 0) is 23.4 Å². The Hall–Kier alpha value is 0.380.